The molecule has 0 atom stereocenters. The van der Waals surface area contributed by atoms with Crippen molar-refractivity contribution in [3.63, 3.8) is 0 Å². The topological polar surface area (TPSA) is 62.0 Å². The van der Waals surface area contributed by atoms with Crippen molar-refractivity contribution in [3.8, 4) is 0 Å². The molecule has 0 spiro atoms. The van der Waals surface area contributed by atoms with Crippen LogP contribution in [0.2, 0.25) is 0 Å². The molecule has 0 radical (unpaired) electrons. The predicted molar refractivity (Wildman–Crippen MR) is 75.5 cm³/mol. The first-order valence-corrected chi connectivity index (χ1v) is 7.28. The lowest BCUT2D eigenvalue weighted by Crippen LogP contribution is -2.12. The van der Waals surface area contributed by atoms with Crippen LogP contribution in [0.25, 0.3) is 10.9 Å². The Balaban J connectivity index is 1.99. The van der Waals surface area contributed by atoms with Gasteiger partial charge < -0.3 is 4.98 Å². The highest BCUT2D eigenvalue weighted by atomic mass is 32.2. The van der Waals surface area contributed by atoms with Gasteiger partial charge in [0.05, 0.1) is 4.90 Å². The first-order valence-electron chi connectivity index (χ1n) is 5.80. The van der Waals surface area contributed by atoms with Crippen molar-refractivity contribution in [3.05, 3.63) is 60.8 Å². The molecule has 5 heteroatoms. The molecule has 1 heterocycles. The Morgan fingerprint density at radius 2 is 1.74 bits per heavy atom. The van der Waals surface area contributed by atoms with E-state index in [0.717, 1.165) is 10.9 Å². The van der Waals surface area contributed by atoms with Crippen LogP contribution in [0.1, 0.15) is 0 Å². The van der Waals surface area contributed by atoms with E-state index in [1.54, 1.807) is 48.7 Å². The second-order valence-electron chi connectivity index (χ2n) is 4.20. The average Bonchev–Trinajstić information content (AvgIpc) is 2.86. The zero-order valence-corrected chi connectivity index (χ0v) is 10.8. The number of hydrogen-bond donors (Lipinski definition) is 2. The summed E-state index contributed by atoms with van der Waals surface area (Å²) >= 11 is 0. The molecule has 0 bridgehead atoms. The standard InChI is InChI=1S/C14H12N2O2S/c17-19(18,16-12-4-2-1-3-5-12)13-7-6-11-8-9-15-14(11)10-13/h1-10,15-16H. The Hall–Kier alpha value is -2.27. The van der Waals surface area contributed by atoms with E-state index in [1.807, 2.05) is 12.1 Å². The number of benzene rings is 2. The van der Waals surface area contributed by atoms with Crippen molar-refractivity contribution < 1.29 is 8.42 Å². The Kier molecular flexibility index (Phi) is 2.76. The van der Waals surface area contributed by atoms with Gasteiger partial charge in [0.1, 0.15) is 0 Å². The lowest BCUT2D eigenvalue weighted by atomic mass is 10.2. The number of fused-ring (bicyclic) bond motifs is 1. The number of nitrogens with one attached hydrogen (secondary N) is 2. The van der Waals surface area contributed by atoms with Crippen LogP contribution in [0.5, 0.6) is 0 Å². The molecule has 19 heavy (non-hydrogen) atoms. The number of para-hydroxylation sites is 1. The molecule has 0 fully saturated rings. The molecule has 0 aliphatic heterocycles. The highest BCUT2D eigenvalue weighted by Crippen LogP contribution is 2.20. The summed E-state index contributed by atoms with van der Waals surface area (Å²) in [6.07, 6.45) is 1.78. The second-order valence-corrected chi connectivity index (χ2v) is 5.88. The van der Waals surface area contributed by atoms with Gasteiger partial charge in [0.25, 0.3) is 10.0 Å². The van der Waals surface area contributed by atoms with Crippen molar-refractivity contribution in [2.24, 2.45) is 0 Å². The van der Waals surface area contributed by atoms with Gasteiger partial charge in [0.2, 0.25) is 0 Å². The van der Waals surface area contributed by atoms with E-state index in [0.29, 0.717) is 5.69 Å². The van der Waals surface area contributed by atoms with Crippen molar-refractivity contribution >= 4 is 26.6 Å². The number of aromatic amines is 1. The minimum atomic E-state index is -3.55. The Morgan fingerprint density at radius 1 is 0.947 bits per heavy atom. The van der Waals surface area contributed by atoms with Crippen molar-refractivity contribution in [2.75, 3.05) is 4.72 Å². The first kappa shape index (κ1) is 11.8. The predicted octanol–water partition coefficient (Wildman–Crippen LogP) is 2.97. The van der Waals surface area contributed by atoms with Gasteiger partial charge in [0.15, 0.2) is 0 Å². The van der Waals surface area contributed by atoms with Crippen LogP contribution in [0.3, 0.4) is 0 Å². The summed E-state index contributed by atoms with van der Waals surface area (Å²) in [5.74, 6) is 0. The van der Waals surface area contributed by atoms with E-state index in [4.69, 9.17) is 0 Å². The fourth-order valence-corrected chi connectivity index (χ4v) is 3.00. The number of hydrogen-bond acceptors (Lipinski definition) is 2. The molecule has 0 saturated heterocycles. The van der Waals surface area contributed by atoms with Gasteiger partial charge >= 0.3 is 0 Å². The van der Waals surface area contributed by atoms with Gasteiger partial charge in [-0.15, -0.1) is 0 Å². The maximum absolute atomic E-state index is 12.2. The summed E-state index contributed by atoms with van der Waals surface area (Å²) in [6.45, 7) is 0. The third kappa shape index (κ3) is 2.32. The van der Waals surface area contributed by atoms with E-state index in [1.165, 1.54) is 0 Å². The number of rotatable bonds is 3. The molecule has 0 unspecified atom stereocenters. The van der Waals surface area contributed by atoms with Crippen LogP contribution in [-0.4, -0.2) is 13.4 Å². The molecular formula is C14H12N2O2S. The van der Waals surface area contributed by atoms with E-state index in [2.05, 4.69) is 9.71 Å². The molecule has 2 N–H and O–H groups in total. The maximum Gasteiger partial charge on any atom is 0.261 e. The third-order valence-electron chi connectivity index (χ3n) is 2.86. The van der Waals surface area contributed by atoms with Crippen LogP contribution >= 0.6 is 0 Å². The summed E-state index contributed by atoms with van der Waals surface area (Å²) in [5.41, 5.74) is 1.35. The zero-order valence-electron chi connectivity index (χ0n) is 10.00. The number of H-pyrrole nitrogens is 1. The van der Waals surface area contributed by atoms with Crippen LogP contribution in [0.15, 0.2) is 65.7 Å². The lowest BCUT2D eigenvalue weighted by molar-refractivity contribution is 0.601. The van der Waals surface area contributed by atoms with Crippen molar-refractivity contribution in [1.29, 1.82) is 0 Å². The number of aromatic nitrogens is 1. The lowest BCUT2D eigenvalue weighted by Gasteiger charge is -2.07. The highest BCUT2D eigenvalue weighted by molar-refractivity contribution is 7.92. The Labute approximate surface area is 111 Å². The average molecular weight is 272 g/mol. The SMILES string of the molecule is O=S(=O)(Nc1ccccc1)c1ccc2cc[nH]c2c1. The summed E-state index contributed by atoms with van der Waals surface area (Å²) < 4.78 is 27.0. The fraction of sp³-hybridized carbons (Fsp3) is 0. The van der Waals surface area contributed by atoms with Crippen LogP contribution in [-0.2, 0) is 10.0 Å². The summed E-state index contributed by atoms with van der Waals surface area (Å²) in [6, 6.07) is 15.7. The van der Waals surface area contributed by atoms with E-state index >= 15 is 0 Å². The molecule has 0 amide bonds. The van der Waals surface area contributed by atoms with Gasteiger partial charge in [-0.3, -0.25) is 4.72 Å². The van der Waals surface area contributed by atoms with Gasteiger partial charge in [-0.25, -0.2) is 8.42 Å². The molecule has 1 aromatic heterocycles. The minimum Gasteiger partial charge on any atom is -0.361 e. The van der Waals surface area contributed by atoms with Gasteiger partial charge in [-0.05, 0) is 35.7 Å². The molecule has 3 rings (SSSR count). The summed E-state index contributed by atoms with van der Waals surface area (Å²) in [4.78, 5) is 3.25. The minimum absolute atomic E-state index is 0.242. The monoisotopic (exact) mass is 272 g/mol. The van der Waals surface area contributed by atoms with Crippen LogP contribution in [0, 0.1) is 0 Å². The molecular weight excluding hydrogens is 260 g/mol. The Morgan fingerprint density at radius 3 is 2.53 bits per heavy atom. The summed E-state index contributed by atoms with van der Waals surface area (Å²) in [5, 5.41) is 0.985. The van der Waals surface area contributed by atoms with Gasteiger partial charge in [-0.1, -0.05) is 24.3 Å². The third-order valence-corrected chi connectivity index (χ3v) is 4.24. The van der Waals surface area contributed by atoms with Gasteiger partial charge in [-0.2, -0.15) is 0 Å². The second kappa shape index (κ2) is 4.44. The van der Waals surface area contributed by atoms with Gasteiger partial charge in [0, 0.05) is 17.4 Å². The van der Waals surface area contributed by atoms with E-state index < -0.39 is 10.0 Å². The fourth-order valence-electron chi connectivity index (χ4n) is 1.91. The first-order chi connectivity index (χ1) is 9.15. The van der Waals surface area contributed by atoms with Crippen LogP contribution < -0.4 is 4.72 Å². The highest BCUT2D eigenvalue weighted by Gasteiger charge is 2.14. The smallest absolute Gasteiger partial charge is 0.261 e. The van der Waals surface area contributed by atoms with Crippen molar-refractivity contribution in [1.82, 2.24) is 4.98 Å². The summed E-state index contributed by atoms with van der Waals surface area (Å²) in [7, 11) is -3.55. The largest absolute Gasteiger partial charge is 0.361 e. The molecule has 0 saturated carbocycles. The van der Waals surface area contributed by atoms with E-state index in [9.17, 15) is 8.42 Å². The van der Waals surface area contributed by atoms with E-state index in [-0.39, 0.29) is 4.90 Å². The maximum atomic E-state index is 12.2. The molecule has 3 aromatic rings. The normalized spacial score (nSPS) is 11.6. The molecule has 4 nitrogen and oxygen atoms in total. The number of anilines is 1. The number of sulfonamides is 1. The van der Waals surface area contributed by atoms with Crippen molar-refractivity contribution in [2.45, 2.75) is 4.90 Å². The molecule has 0 aliphatic rings. The Bertz CT molecular complexity index is 808. The quantitative estimate of drug-likeness (QED) is 0.770. The molecule has 2 aromatic carbocycles. The molecule has 0 aliphatic carbocycles. The van der Waals surface area contributed by atoms with Crippen LogP contribution in [0.4, 0.5) is 5.69 Å². The molecule has 96 valence electrons. The zero-order chi connectivity index (χ0) is 13.3.